The van der Waals surface area contributed by atoms with Gasteiger partial charge in [-0.3, -0.25) is 9.10 Å². The van der Waals surface area contributed by atoms with Crippen molar-refractivity contribution in [3.8, 4) is 5.75 Å². The van der Waals surface area contributed by atoms with Crippen LogP contribution in [0.1, 0.15) is 36.5 Å². The topological polar surface area (TPSA) is 75.7 Å². The molecule has 0 aliphatic heterocycles. The minimum absolute atomic E-state index is 0.148. The van der Waals surface area contributed by atoms with Crippen LogP contribution in [0.15, 0.2) is 72.8 Å². The van der Waals surface area contributed by atoms with Crippen molar-refractivity contribution < 1.29 is 17.9 Å². The lowest BCUT2D eigenvalue weighted by Gasteiger charge is -2.23. The Morgan fingerprint density at radius 3 is 2.24 bits per heavy atom. The molecular formula is C26H30N2O4S. The number of anilines is 2. The SMILES string of the molecule is Cc1cccc(C(C)C)c1NC(=O)COc1ccc(N(Cc2ccccc2)S(C)(=O)=O)cc1. The van der Waals surface area contributed by atoms with Crippen molar-refractivity contribution in [2.75, 3.05) is 22.5 Å². The lowest BCUT2D eigenvalue weighted by molar-refractivity contribution is -0.118. The molecule has 1 N–H and O–H groups in total. The highest BCUT2D eigenvalue weighted by molar-refractivity contribution is 7.92. The Bertz CT molecular complexity index is 1190. The smallest absolute Gasteiger partial charge is 0.262 e. The summed E-state index contributed by atoms with van der Waals surface area (Å²) >= 11 is 0. The number of hydrogen-bond acceptors (Lipinski definition) is 4. The van der Waals surface area contributed by atoms with E-state index < -0.39 is 10.0 Å². The number of sulfonamides is 1. The van der Waals surface area contributed by atoms with Crippen LogP contribution in [0.5, 0.6) is 5.75 Å². The Kier molecular flexibility index (Phi) is 7.76. The maximum Gasteiger partial charge on any atom is 0.262 e. The molecule has 3 aromatic rings. The Hall–Kier alpha value is -3.32. The summed E-state index contributed by atoms with van der Waals surface area (Å²) in [4.78, 5) is 12.5. The van der Waals surface area contributed by atoms with Gasteiger partial charge in [-0.2, -0.15) is 0 Å². The van der Waals surface area contributed by atoms with Gasteiger partial charge in [0.1, 0.15) is 5.75 Å². The Morgan fingerprint density at radius 2 is 1.64 bits per heavy atom. The average Bonchev–Trinajstić information content (AvgIpc) is 2.77. The molecule has 3 rings (SSSR count). The van der Waals surface area contributed by atoms with E-state index in [0.717, 1.165) is 22.4 Å². The summed E-state index contributed by atoms with van der Waals surface area (Å²) in [6, 6.07) is 22.0. The molecule has 0 radical (unpaired) electrons. The molecule has 0 atom stereocenters. The summed E-state index contributed by atoms with van der Waals surface area (Å²) in [6.07, 6.45) is 1.18. The van der Waals surface area contributed by atoms with Crippen molar-refractivity contribution >= 4 is 27.3 Å². The molecule has 0 aromatic heterocycles. The number of amides is 1. The average molecular weight is 467 g/mol. The minimum atomic E-state index is -3.48. The van der Waals surface area contributed by atoms with Crippen molar-refractivity contribution in [1.29, 1.82) is 0 Å². The molecule has 0 saturated heterocycles. The Labute approximate surface area is 196 Å². The number of para-hydroxylation sites is 1. The van der Waals surface area contributed by atoms with Gasteiger partial charge in [0.25, 0.3) is 5.91 Å². The van der Waals surface area contributed by atoms with Crippen LogP contribution in [-0.4, -0.2) is 27.2 Å². The minimum Gasteiger partial charge on any atom is -0.484 e. The lowest BCUT2D eigenvalue weighted by atomic mass is 9.98. The number of carbonyl (C=O) groups is 1. The number of benzene rings is 3. The molecule has 3 aromatic carbocycles. The molecule has 0 aliphatic carbocycles. The Balaban J connectivity index is 1.66. The van der Waals surface area contributed by atoms with E-state index in [2.05, 4.69) is 19.2 Å². The second-order valence-electron chi connectivity index (χ2n) is 8.28. The zero-order valence-electron chi connectivity index (χ0n) is 19.4. The van der Waals surface area contributed by atoms with Gasteiger partial charge in [0.05, 0.1) is 18.5 Å². The molecular weight excluding hydrogens is 436 g/mol. The number of nitrogens with one attached hydrogen (secondary N) is 1. The predicted molar refractivity (Wildman–Crippen MR) is 133 cm³/mol. The monoisotopic (exact) mass is 466 g/mol. The number of rotatable bonds is 9. The van der Waals surface area contributed by atoms with Crippen LogP contribution < -0.4 is 14.4 Å². The molecule has 7 heteroatoms. The van der Waals surface area contributed by atoms with Gasteiger partial charge in [-0.05, 0) is 53.8 Å². The summed E-state index contributed by atoms with van der Waals surface area (Å²) in [5.41, 5.74) is 4.31. The molecule has 6 nitrogen and oxygen atoms in total. The molecule has 0 spiro atoms. The number of ether oxygens (including phenoxy) is 1. The van der Waals surface area contributed by atoms with Gasteiger partial charge in [0, 0.05) is 5.69 Å². The molecule has 174 valence electrons. The van der Waals surface area contributed by atoms with E-state index in [1.807, 2.05) is 55.5 Å². The maximum absolute atomic E-state index is 12.5. The molecule has 1 amide bonds. The predicted octanol–water partition coefficient (Wildman–Crippen LogP) is 5.10. The van der Waals surface area contributed by atoms with Crippen molar-refractivity contribution in [1.82, 2.24) is 0 Å². The summed E-state index contributed by atoms with van der Waals surface area (Å²) in [7, 11) is -3.48. The fourth-order valence-electron chi connectivity index (χ4n) is 3.52. The normalized spacial score (nSPS) is 11.3. The summed E-state index contributed by atoms with van der Waals surface area (Å²) < 4.78 is 31.7. The molecule has 0 bridgehead atoms. The van der Waals surface area contributed by atoms with E-state index in [9.17, 15) is 13.2 Å². The third-order valence-corrected chi connectivity index (χ3v) is 6.40. The van der Waals surface area contributed by atoms with Gasteiger partial charge in [0.2, 0.25) is 10.0 Å². The van der Waals surface area contributed by atoms with E-state index >= 15 is 0 Å². The van der Waals surface area contributed by atoms with E-state index in [1.165, 1.54) is 10.6 Å². The van der Waals surface area contributed by atoms with Crippen molar-refractivity contribution in [3.05, 3.63) is 89.5 Å². The second-order valence-corrected chi connectivity index (χ2v) is 10.2. The number of nitrogens with zero attached hydrogens (tertiary/aromatic N) is 1. The highest BCUT2D eigenvalue weighted by Crippen LogP contribution is 2.28. The van der Waals surface area contributed by atoms with Crippen LogP contribution in [0.2, 0.25) is 0 Å². The maximum atomic E-state index is 12.5. The largest absolute Gasteiger partial charge is 0.484 e. The first-order chi connectivity index (χ1) is 15.6. The second kappa shape index (κ2) is 10.5. The first-order valence-corrected chi connectivity index (χ1v) is 12.6. The fraction of sp³-hybridized carbons (Fsp3) is 0.269. The van der Waals surface area contributed by atoms with Gasteiger partial charge < -0.3 is 10.1 Å². The summed E-state index contributed by atoms with van der Waals surface area (Å²) in [5, 5.41) is 2.96. The first-order valence-electron chi connectivity index (χ1n) is 10.8. The summed E-state index contributed by atoms with van der Waals surface area (Å²) in [6.45, 7) is 6.21. The van der Waals surface area contributed by atoms with E-state index in [1.54, 1.807) is 24.3 Å². The van der Waals surface area contributed by atoms with Gasteiger partial charge in [-0.15, -0.1) is 0 Å². The van der Waals surface area contributed by atoms with E-state index in [-0.39, 0.29) is 25.0 Å². The van der Waals surface area contributed by atoms with Gasteiger partial charge >= 0.3 is 0 Å². The third-order valence-electron chi connectivity index (χ3n) is 5.26. The van der Waals surface area contributed by atoms with Crippen LogP contribution in [0.25, 0.3) is 0 Å². The quantitative estimate of drug-likeness (QED) is 0.476. The molecule has 0 heterocycles. The van der Waals surface area contributed by atoms with Crippen molar-refractivity contribution in [2.24, 2.45) is 0 Å². The Morgan fingerprint density at radius 1 is 0.970 bits per heavy atom. The molecule has 0 fully saturated rings. The number of hydrogen-bond donors (Lipinski definition) is 1. The molecule has 0 saturated carbocycles. The first kappa shape index (κ1) is 24.3. The van der Waals surface area contributed by atoms with Crippen molar-refractivity contribution in [2.45, 2.75) is 33.2 Å². The zero-order chi connectivity index (χ0) is 24.0. The molecule has 0 unspecified atom stereocenters. The van der Waals surface area contributed by atoms with Crippen molar-refractivity contribution in [3.63, 3.8) is 0 Å². The van der Waals surface area contributed by atoms with Gasteiger partial charge in [0.15, 0.2) is 6.61 Å². The summed E-state index contributed by atoms with van der Waals surface area (Å²) in [5.74, 6) is 0.510. The van der Waals surface area contributed by atoms with Crippen LogP contribution in [0.3, 0.4) is 0 Å². The van der Waals surface area contributed by atoms with Crippen LogP contribution >= 0.6 is 0 Å². The number of carbonyl (C=O) groups excluding carboxylic acids is 1. The van der Waals surface area contributed by atoms with Crippen LogP contribution in [-0.2, 0) is 21.4 Å². The standard InChI is InChI=1S/C26H30N2O4S/c1-19(2)24-12-8-9-20(3)26(24)27-25(29)18-32-23-15-13-22(14-16-23)28(33(4,30)31)17-21-10-6-5-7-11-21/h5-16,19H,17-18H2,1-4H3,(H,27,29). The van der Waals surface area contributed by atoms with Crippen LogP contribution in [0, 0.1) is 6.92 Å². The fourth-order valence-corrected chi connectivity index (χ4v) is 4.41. The molecule has 33 heavy (non-hydrogen) atoms. The van der Waals surface area contributed by atoms with Gasteiger partial charge in [-0.25, -0.2) is 8.42 Å². The number of aryl methyl sites for hydroxylation is 1. The third kappa shape index (κ3) is 6.58. The van der Waals surface area contributed by atoms with E-state index in [0.29, 0.717) is 11.4 Å². The highest BCUT2D eigenvalue weighted by Gasteiger charge is 2.18. The zero-order valence-corrected chi connectivity index (χ0v) is 20.2. The van der Waals surface area contributed by atoms with E-state index in [4.69, 9.17) is 4.74 Å². The van der Waals surface area contributed by atoms with Crippen LogP contribution in [0.4, 0.5) is 11.4 Å². The highest BCUT2D eigenvalue weighted by atomic mass is 32.2. The molecule has 0 aliphatic rings. The lowest BCUT2D eigenvalue weighted by Crippen LogP contribution is -2.29. The van der Waals surface area contributed by atoms with Gasteiger partial charge in [-0.1, -0.05) is 62.4 Å².